The zero-order valence-corrected chi connectivity index (χ0v) is 11.6. The average Bonchev–Trinajstić information content (AvgIpc) is 3.00. The number of nitrogens with two attached hydrogens (primary N) is 1. The summed E-state index contributed by atoms with van der Waals surface area (Å²) in [5.74, 6) is 1.12. The minimum Gasteiger partial charge on any atom is -0.332 e. The fraction of sp³-hybridized carbons (Fsp3) is 0.364. The molecule has 3 aromatic rings. The van der Waals surface area contributed by atoms with E-state index in [4.69, 9.17) is 10.3 Å². The quantitative estimate of drug-likeness (QED) is 0.784. The highest BCUT2D eigenvalue weighted by Crippen LogP contribution is 2.37. The second-order valence-electron chi connectivity index (χ2n) is 4.66. The number of aromatic nitrogens is 4. The van der Waals surface area contributed by atoms with Gasteiger partial charge in [-0.05, 0) is 19.3 Å². The van der Waals surface area contributed by atoms with Crippen molar-refractivity contribution in [2.24, 2.45) is 5.73 Å². The molecule has 100 valence electrons. The molecule has 4 rings (SSSR count). The highest BCUT2D eigenvalue weighted by molar-refractivity contribution is 7.15. The Labute approximate surface area is 119 Å². The Kier molecular flexibility index (Phi) is 2.84. The highest BCUT2D eigenvalue weighted by atomic mass is 35.5. The van der Waals surface area contributed by atoms with E-state index in [2.05, 4.69) is 15.1 Å². The maximum atomic E-state index is 6.18. The van der Waals surface area contributed by atoms with Crippen LogP contribution < -0.4 is 5.73 Å². The van der Waals surface area contributed by atoms with Gasteiger partial charge in [0.2, 0.25) is 0 Å². The maximum absolute atomic E-state index is 6.18. The van der Waals surface area contributed by atoms with Gasteiger partial charge in [0.15, 0.2) is 5.82 Å². The molecule has 1 aliphatic carbocycles. The fourth-order valence-corrected chi connectivity index (χ4v) is 3.02. The van der Waals surface area contributed by atoms with Crippen molar-refractivity contribution in [1.29, 1.82) is 0 Å². The first-order valence-corrected chi connectivity index (χ1v) is 6.67. The molecule has 3 heterocycles. The van der Waals surface area contributed by atoms with Crippen molar-refractivity contribution in [2.75, 3.05) is 0 Å². The molecule has 0 amide bonds. The van der Waals surface area contributed by atoms with Gasteiger partial charge < -0.3 is 10.3 Å². The maximum Gasteiger partial charge on any atom is 0.275 e. The van der Waals surface area contributed by atoms with Crippen LogP contribution in [0.5, 0.6) is 0 Å². The summed E-state index contributed by atoms with van der Waals surface area (Å²) in [7, 11) is 0. The number of hydrogen-bond donors (Lipinski definition) is 1. The molecule has 1 fully saturated rings. The van der Waals surface area contributed by atoms with Crippen LogP contribution >= 0.6 is 23.7 Å². The SMILES string of the molecule is Cl.NC1(c2noc(-c3csc4cncn34)n2)CCC1. The van der Waals surface area contributed by atoms with Gasteiger partial charge in [-0.1, -0.05) is 5.16 Å². The van der Waals surface area contributed by atoms with Gasteiger partial charge in [0.05, 0.1) is 11.7 Å². The van der Waals surface area contributed by atoms with Crippen LogP contribution in [0.1, 0.15) is 25.1 Å². The zero-order valence-electron chi connectivity index (χ0n) is 9.94. The van der Waals surface area contributed by atoms with Crippen LogP contribution in [0.15, 0.2) is 22.4 Å². The molecule has 8 heteroatoms. The summed E-state index contributed by atoms with van der Waals surface area (Å²) < 4.78 is 7.26. The third-order valence-electron chi connectivity index (χ3n) is 3.49. The van der Waals surface area contributed by atoms with Gasteiger partial charge in [0.25, 0.3) is 5.89 Å². The van der Waals surface area contributed by atoms with Gasteiger partial charge in [-0.2, -0.15) is 4.98 Å². The lowest BCUT2D eigenvalue weighted by Gasteiger charge is -2.34. The van der Waals surface area contributed by atoms with Crippen molar-refractivity contribution in [3.63, 3.8) is 0 Å². The second-order valence-corrected chi connectivity index (χ2v) is 5.55. The van der Waals surface area contributed by atoms with Gasteiger partial charge in [-0.15, -0.1) is 23.7 Å². The van der Waals surface area contributed by atoms with Crippen LogP contribution in [-0.2, 0) is 5.54 Å². The minimum atomic E-state index is -0.383. The first kappa shape index (κ1) is 12.6. The molecule has 0 radical (unpaired) electrons. The predicted octanol–water partition coefficient (Wildman–Crippen LogP) is 2.21. The molecule has 0 aromatic carbocycles. The summed E-state index contributed by atoms with van der Waals surface area (Å²) in [5.41, 5.74) is 6.67. The number of nitrogens with zero attached hydrogens (tertiary/aromatic N) is 4. The molecule has 3 aromatic heterocycles. The van der Waals surface area contributed by atoms with Crippen LogP contribution in [0.3, 0.4) is 0 Å². The predicted molar refractivity (Wildman–Crippen MR) is 73.3 cm³/mol. The fourth-order valence-electron chi connectivity index (χ4n) is 2.19. The molecule has 0 aliphatic heterocycles. The molecule has 19 heavy (non-hydrogen) atoms. The highest BCUT2D eigenvalue weighted by Gasteiger charge is 2.39. The van der Waals surface area contributed by atoms with Crippen LogP contribution in [-0.4, -0.2) is 19.5 Å². The molecule has 1 aliphatic rings. The Morgan fingerprint density at radius 2 is 2.26 bits per heavy atom. The Hall–Kier alpha value is -1.44. The average molecular weight is 298 g/mol. The molecule has 0 spiro atoms. The van der Waals surface area contributed by atoms with E-state index < -0.39 is 0 Å². The van der Waals surface area contributed by atoms with E-state index in [9.17, 15) is 0 Å². The lowest BCUT2D eigenvalue weighted by atomic mass is 9.77. The van der Waals surface area contributed by atoms with Crippen molar-refractivity contribution in [3.8, 4) is 11.6 Å². The lowest BCUT2D eigenvalue weighted by Crippen LogP contribution is -2.44. The first-order chi connectivity index (χ1) is 8.76. The summed E-state index contributed by atoms with van der Waals surface area (Å²) in [6, 6.07) is 0. The molecule has 6 nitrogen and oxygen atoms in total. The monoisotopic (exact) mass is 297 g/mol. The third-order valence-corrected chi connectivity index (χ3v) is 4.38. The van der Waals surface area contributed by atoms with E-state index in [0.29, 0.717) is 11.7 Å². The standard InChI is InChI=1S/C11H11N5OS.ClH/c12-11(2-1-3-11)10-14-9(17-15-10)7-5-18-8-4-13-6-16(7)8;/h4-6H,1-3,12H2;1H. The summed E-state index contributed by atoms with van der Waals surface area (Å²) >= 11 is 1.59. The minimum absolute atomic E-state index is 0. The third kappa shape index (κ3) is 1.77. The summed E-state index contributed by atoms with van der Waals surface area (Å²) in [6.45, 7) is 0. The van der Waals surface area contributed by atoms with E-state index in [1.165, 1.54) is 0 Å². The Morgan fingerprint density at radius 3 is 3.00 bits per heavy atom. The van der Waals surface area contributed by atoms with E-state index in [1.54, 1.807) is 17.7 Å². The number of imidazole rings is 1. The number of hydrogen-bond acceptors (Lipinski definition) is 6. The van der Waals surface area contributed by atoms with Gasteiger partial charge in [0, 0.05) is 5.38 Å². The summed E-state index contributed by atoms with van der Waals surface area (Å²) in [5, 5.41) is 6.00. The normalized spacial score (nSPS) is 17.1. The molecule has 0 atom stereocenters. The van der Waals surface area contributed by atoms with E-state index >= 15 is 0 Å². The van der Waals surface area contributed by atoms with Crippen molar-refractivity contribution in [3.05, 3.63) is 23.7 Å². The molecule has 0 bridgehead atoms. The van der Waals surface area contributed by atoms with Crippen molar-refractivity contribution >= 4 is 28.6 Å². The number of halogens is 1. The lowest BCUT2D eigenvalue weighted by molar-refractivity contribution is 0.229. The first-order valence-electron chi connectivity index (χ1n) is 5.79. The van der Waals surface area contributed by atoms with E-state index in [-0.39, 0.29) is 17.9 Å². The van der Waals surface area contributed by atoms with Crippen molar-refractivity contribution < 1.29 is 4.52 Å². The number of fused-ring (bicyclic) bond motifs is 1. The van der Waals surface area contributed by atoms with Crippen LogP contribution in [0.2, 0.25) is 0 Å². The van der Waals surface area contributed by atoms with Gasteiger partial charge >= 0.3 is 0 Å². The van der Waals surface area contributed by atoms with Crippen molar-refractivity contribution in [1.82, 2.24) is 19.5 Å². The molecule has 0 unspecified atom stereocenters. The number of thiazole rings is 1. The molecule has 0 saturated heterocycles. The Balaban J connectivity index is 0.00000110. The Bertz CT molecular complexity index is 713. The van der Waals surface area contributed by atoms with Gasteiger partial charge in [0.1, 0.15) is 16.9 Å². The van der Waals surface area contributed by atoms with Gasteiger partial charge in [-0.3, -0.25) is 4.40 Å². The zero-order chi connectivity index (χ0) is 12.2. The van der Waals surface area contributed by atoms with Crippen molar-refractivity contribution in [2.45, 2.75) is 24.8 Å². The largest absolute Gasteiger partial charge is 0.332 e. The van der Waals surface area contributed by atoms with Crippen LogP contribution in [0, 0.1) is 0 Å². The molecular formula is C11H12ClN5OS. The summed E-state index contributed by atoms with van der Waals surface area (Å²) in [4.78, 5) is 9.57. The Morgan fingerprint density at radius 1 is 1.42 bits per heavy atom. The molecule has 1 saturated carbocycles. The smallest absolute Gasteiger partial charge is 0.275 e. The molecular weight excluding hydrogens is 286 g/mol. The molecule has 2 N–H and O–H groups in total. The van der Waals surface area contributed by atoms with Crippen LogP contribution in [0.4, 0.5) is 0 Å². The van der Waals surface area contributed by atoms with E-state index in [0.717, 1.165) is 29.8 Å². The van der Waals surface area contributed by atoms with E-state index in [1.807, 2.05) is 16.0 Å². The van der Waals surface area contributed by atoms with Crippen LogP contribution in [0.25, 0.3) is 16.4 Å². The topological polar surface area (TPSA) is 82.2 Å². The van der Waals surface area contributed by atoms with Gasteiger partial charge in [-0.25, -0.2) is 4.98 Å². The number of rotatable bonds is 2. The summed E-state index contributed by atoms with van der Waals surface area (Å²) in [6.07, 6.45) is 6.53. The second kappa shape index (κ2) is 4.29.